The fourth-order valence-corrected chi connectivity index (χ4v) is 3.50. The van der Waals surface area contributed by atoms with Crippen molar-refractivity contribution in [3.05, 3.63) is 65.2 Å². The second kappa shape index (κ2) is 11.3. The van der Waals surface area contributed by atoms with Crippen LogP contribution >= 0.6 is 11.8 Å². The highest BCUT2D eigenvalue weighted by Crippen LogP contribution is 2.20. The molecule has 0 spiro atoms. The Morgan fingerprint density at radius 1 is 1.00 bits per heavy atom. The lowest BCUT2D eigenvalue weighted by atomic mass is 10.1. The van der Waals surface area contributed by atoms with Crippen LogP contribution in [0.25, 0.3) is 0 Å². The molecule has 3 rings (SSSR count). The number of carbonyl (C=O) groups is 3. The van der Waals surface area contributed by atoms with E-state index in [4.69, 9.17) is 4.74 Å². The van der Waals surface area contributed by atoms with Crippen LogP contribution in [0.1, 0.15) is 26.5 Å². The lowest BCUT2D eigenvalue weighted by Gasteiger charge is -2.09. The number of methoxy groups -OCH3 is 2. The molecule has 1 amide bonds. The van der Waals surface area contributed by atoms with Crippen molar-refractivity contribution in [2.45, 2.75) is 11.8 Å². The van der Waals surface area contributed by atoms with Crippen molar-refractivity contribution in [3.63, 3.8) is 0 Å². The minimum atomic E-state index is -0.662. The van der Waals surface area contributed by atoms with Gasteiger partial charge in [0.25, 0.3) is 0 Å². The summed E-state index contributed by atoms with van der Waals surface area (Å²) in [5, 5.41) is 11.2. The maximum absolute atomic E-state index is 13.0. The number of amides is 1. The molecule has 10 nitrogen and oxygen atoms in total. The van der Waals surface area contributed by atoms with Gasteiger partial charge in [-0.15, -0.1) is 10.2 Å². The number of hydrogen-bond acceptors (Lipinski definition) is 9. The minimum Gasteiger partial charge on any atom is -0.486 e. The number of nitrogens with one attached hydrogen (secondary N) is 1. The zero-order valence-electron chi connectivity index (χ0n) is 18.5. The molecule has 1 N–H and O–H groups in total. The molecule has 2 aromatic carbocycles. The third kappa shape index (κ3) is 6.32. The Kier molecular flexibility index (Phi) is 8.19. The number of anilines is 1. The van der Waals surface area contributed by atoms with E-state index >= 15 is 0 Å². The van der Waals surface area contributed by atoms with E-state index in [9.17, 15) is 18.8 Å². The number of thioether (sulfide) groups is 1. The number of esters is 2. The molecule has 0 bridgehead atoms. The summed E-state index contributed by atoms with van der Waals surface area (Å²) in [5.41, 5.74) is 0.417. The van der Waals surface area contributed by atoms with Gasteiger partial charge in [-0.25, -0.2) is 14.0 Å². The van der Waals surface area contributed by atoms with E-state index in [-0.39, 0.29) is 35.0 Å². The zero-order valence-corrected chi connectivity index (χ0v) is 19.3. The first kappa shape index (κ1) is 24.7. The molecule has 0 aliphatic rings. The summed E-state index contributed by atoms with van der Waals surface area (Å²) < 4.78 is 29.6. The average Bonchev–Trinajstić information content (AvgIpc) is 3.20. The lowest BCUT2D eigenvalue weighted by molar-refractivity contribution is -0.113. The maximum atomic E-state index is 13.0. The summed E-state index contributed by atoms with van der Waals surface area (Å²) >= 11 is 1.14. The topological polar surface area (TPSA) is 122 Å². The summed E-state index contributed by atoms with van der Waals surface area (Å²) in [6, 6.07) is 9.71. The Labute approximate surface area is 198 Å². The highest BCUT2D eigenvalue weighted by molar-refractivity contribution is 7.99. The van der Waals surface area contributed by atoms with E-state index in [1.165, 1.54) is 56.7 Å². The largest absolute Gasteiger partial charge is 0.486 e. The molecule has 0 fully saturated rings. The van der Waals surface area contributed by atoms with Crippen LogP contribution < -0.4 is 10.1 Å². The molecule has 3 aromatic rings. The lowest BCUT2D eigenvalue weighted by Crippen LogP contribution is -2.16. The standard InChI is InChI=1S/C22H21FN4O6S/c1-27-18(11-33-17-6-4-15(23)5-7-17)25-26-22(27)34-12-19(28)24-16-9-13(20(29)31-2)8-14(10-16)21(30)32-3/h4-10H,11-12H2,1-3H3,(H,24,28). The van der Waals surface area contributed by atoms with Crippen LogP contribution in [0.2, 0.25) is 0 Å². The summed E-state index contributed by atoms with van der Waals surface area (Å²) in [6.45, 7) is 0.110. The van der Waals surface area contributed by atoms with E-state index in [0.29, 0.717) is 16.7 Å². The molecule has 0 radical (unpaired) electrons. The number of halogens is 1. The molecule has 1 heterocycles. The predicted molar refractivity (Wildman–Crippen MR) is 120 cm³/mol. The first-order valence-electron chi connectivity index (χ1n) is 9.81. The van der Waals surface area contributed by atoms with E-state index in [2.05, 4.69) is 25.0 Å². The Hall–Kier alpha value is -3.93. The smallest absolute Gasteiger partial charge is 0.337 e. The van der Waals surface area contributed by atoms with Crippen molar-refractivity contribution in [3.8, 4) is 5.75 Å². The minimum absolute atomic E-state index is 0.0131. The van der Waals surface area contributed by atoms with Gasteiger partial charge in [0.1, 0.15) is 18.2 Å². The molecule has 34 heavy (non-hydrogen) atoms. The second-order valence-electron chi connectivity index (χ2n) is 6.82. The molecular formula is C22H21FN4O6S. The van der Waals surface area contributed by atoms with Crippen LogP contribution in [0.4, 0.5) is 10.1 Å². The van der Waals surface area contributed by atoms with E-state index in [1.54, 1.807) is 11.6 Å². The number of rotatable bonds is 9. The van der Waals surface area contributed by atoms with E-state index in [0.717, 1.165) is 11.8 Å². The molecule has 0 aliphatic carbocycles. The van der Waals surface area contributed by atoms with Crippen LogP contribution in [0.5, 0.6) is 5.75 Å². The molecule has 0 unspecified atom stereocenters. The van der Waals surface area contributed by atoms with Gasteiger partial charge in [0.15, 0.2) is 11.0 Å². The van der Waals surface area contributed by atoms with Crippen LogP contribution in [0.3, 0.4) is 0 Å². The monoisotopic (exact) mass is 488 g/mol. The third-order valence-electron chi connectivity index (χ3n) is 4.50. The average molecular weight is 488 g/mol. The number of aromatic nitrogens is 3. The normalized spacial score (nSPS) is 10.5. The van der Waals surface area contributed by atoms with Gasteiger partial charge in [-0.1, -0.05) is 11.8 Å². The summed E-state index contributed by atoms with van der Waals surface area (Å²) in [7, 11) is 4.15. The third-order valence-corrected chi connectivity index (χ3v) is 5.52. The second-order valence-corrected chi connectivity index (χ2v) is 7.76. The van der Waals surface area contributed by atoms with Crippen molar-refractivity contribution in [1.29, 1.82) is 0 Å². The first-order chi connectivity index (χ1) is 16.3. The van der Waals surface area contributed by atoms with Gasteiger partial charge in [0.05, 0.1) is 31.1 Å². The van der Waals surface area contributed by atoms with Gasteiger partial charge in [0.2, 0.25) is 5.91 Å². The van der Waals surface area contributed by atoms with Crippen LogP contribution in [-0.2, 0) is 27.9 Å². The Balaban J connectivity index is 1.61. The molecular weight excluding hydrogens is 467 g/mol. The van der Waals surface area contributed by atoms with Gasteiger partial charge >= 0.3 is 11.9 Å². The van der Waals surface area contributed by atoms with E-state index in [1.807, 2.05) is 0 Å². The van der Waals surface area contributed by atoms with E-state index < -0.39 is 17.8 Å². The van der Waals surface area contributed by atoms with Crippen LogP contribution in [0, 0.1) is 5.82 Å². The highest BCUT2D eigenvalue weighted by Gasteiger charge is 2.16. The fourth-order valence-electron chi connectivity index (χ4n) is 2.77. The van der Waals surface area contributed by atoms with Crippen molar-refractivity contribution < 1.29 is 33.0 Å². The Morgan fingerprint density at radius 2 is 1.62 bits per heavy atom. The molecule has 0 aliphatic heterocycles. The summed E-state index contributed by atoms with van der Waals surface area (Å²) in [5.74, 6) is -1.09. The van der Waals surface area contributed by atoms with Crippen LogP contribution in [0.15, 0.2) is 47.6 Å². The zero-order chi connectivity index (χ0) is 24.7. The number of carbonyl (C=O) groups excluding carboxylic acids is 3. The number of ether oxygens (including phenoxy) is 3. The van der Waals surface area contributed by atoms with Gasteiger partial charge < -0.3 is 24.1 Å². The van der Waals surface area contributed by atoms with Crippen molar-refractivity contribution in [2.75, 3.05) is 25.3 Å². The molecule has 0 saturated carbocycles. The quantitative estimate of drug-likeness (QED) is 0.358. The van der Waals surface area contributed by atoms with Gasteiger partial charge in [-0.05, 0) is 42.5 Å². The number of benzene rings is 2. The molecule has 1 aromatic heterocycles. The first-order valence-corrected chi connectivity index (χ1v) is 10.8. The van der Waals surface area contributed by atoms with Crippen molar-refractivity contribution >= 4 is 35.3 Å². The van der Waals surface area contributed by atoms with Crippen molar-refractivity contribution in [2.24, 2.45) is 7.05 Å². The van der Waals surface area contributed by atoms with Crippen LogP contribution in [-0.4, -0.2) is 52.6 Å². The SMILES string of the molecule is COC(=O)c1cc(NC(=O)CSc2nnc(COc3ccc(F)cc3)n2C)cc(C(=O)OC)c1. The van der Waals surface area contributed by atoms with Crippen molar-refractivity contribution in [1.82, 2.24) is 14.8 Å². The van der Waals surface area contributed by atoms with Gasteiger partial charge in [-0.2, -0.15) is 0 Å². The van der Waals surface area contributed by atoms with Gasteiger partial charge in [-0.3, -0.25) is 4.79 Å². The highest BCUT2D eigenvalue weighted by atomic mass is 32.2. The predicted octanol–water partition coefficient (Wildman–Crippen LogP) is 2.84. The molecule has 0 saturated heterocycles. The maximum Gasteiger partial charge on any atom is 0.337 e. The summed E-state index contributed by atoms with van der Waals surface area (Å²) in [6.07, 6.45) is 0. The summed E-state index contributed by atoms with van der Waals surface area (Å²) in [4.78, 5) is 36.2. The Bertz CT molecular complexity index is 1160. The molecule has 178 valence electrons. The number of hydrogen-bond donors (Lipinski definition) is 1. The molecule has 12 heteroatoms. The Morgan fingerprint density at radius 3 is 2.21 bits per heavy atom. The number of nitrogens with zero attached hydrogens (tertiary/aromatic N) is 3. The fraction of sp³-hybridized carbons (Fsp3) is 0.227. The molecule has 0 atom stereocenters. The van der Waals surface area contributed by atoms with Gasteiger partial charge in [0, 0.05) is 12.7 Å².